The highest BCUT2D eigenvalue weighted by Gasteiger charge is 2.76. The lowest BCUT2D eigenvalue weighted by Gasteiger charge is -2.59. The molecule has 1 spiro atoms. The molecule has 8 aliphatic rings. The number of benzene rings is 2. The Hall–Kier alpha value is -7.18. The molecule has 0 bridgehead atoms. The summed E-state index contributed by atoms with van der Waals surface area (Å²) in [6.45, 7) is 4.13. The van der Waals surface area contributed by atoms with Crippen molar-refractivity contribution in [3.63, 3.8) is 0 Å². The number of carboxylic acid groups (broad SMARTS) is 1. The number of ether oxygens (including phenoxy) is 4. The summed E-state index contributed by atoms with van der Waals surface area (Å²) < 4.78 is 25.3. The van der Waals surface area contributed by atoms with Crippen LogP contribution in [-0.4, -0.2) is 147 Å². The third-order valence-corrected chi connectivity index (χ3v) is 18.2. The largest absolute Gasteiger partial charge is 0.481 e. The number of carbonyl (C=O) groups excluding carboxylic acids is 9. The number of nitrogens with one attached hydrogen (secondary N) is 3. The fraction of sp³-hybridized carbons (Fsp3) is 0.552. The van der Waals surface area contributed by atoms with Gasteiger partial charge in [-0.2, -0.15) is 0 Å². The number of likely N-dealkylation sites (tertiary alicyclic amines) is 1. The number of rotatable bonds is 19. The molecule has 1 unspecified atom stereocenters. The van der Waals surface area contributed by atoms with E-state index >= 15 is 0 Å². The Kier molecular flexibility index (Phi) is 15.9. The topological polar surface area (TPSA) is 320 Å². The number of nitrogens with zero attached hydrogens (tertiary/aromatic N) is 2. The molecular weight excluding hydrogens is 1050 g/mol. The molecule has 432 valence electrons. The number of amides is 6. The molecule has 6 N–H and O–H groups in total. The lowest BCUT2D eigenvalue weighted by Crippen LogP contribution is -2.63. The van der Waals surface area contributed by atoms with Crippen molar-refractivity contribution in [3.8, 4) is 0 Å². The zero-order chi connectivity index (χ0) is 57.6. The molecule has 81 heavy (non-hydrogen) atoms. The van der Waals surface area contributed by atoms with Crippen molar-refractivity contribution < 1.29 is 87.0 Å². The summed E-state index contributed by atoms with van der Waals surface area (Å²) in [4.78, 5) is 131. The van der Waals surface area contributed by atoms with Crippen LogP contribution in [0.3, 0.4) is 0 Å². The van der Waals surface area contributed by atoms with Crippen LogP contribution < -0.4 is 16.0 Å². The number of ketones is 2. The van der Waals surface area contributed by atoms with Gasteiger partial charge in [-0.1, -0.05) is 61.9 Å². The highest BCUT2D eigenvalue weighted by atomic mass is 16.7. The van der Waals surface area contributed by atoms with Gasteiger partial charge in [0.1, 0.15) is 19.3 Å². The average molecular weight is 1120 g/mol. The zero-order valence-electron chi connectivity index (χ0n) is 45.1. The van der Waals surface area contributed by atoms with E-state index in [4.69, 9.17) is 23.8 Å². The maximum Gasteiger partial charge on any atom is 0.410 e. The second kappa shape index (κ2) is 22.6. The predicted octanol–water partition coefficient (Wildman–Crippen LogP) is 3.05. The molecule has 4 aliphatic carbocycles. The summed E-state index contributed by atoms with van der Waals surface area (Å²) >= 11 is 0. The zero-order valence-corrected chi connectivity index (χ0v) is 45.1. The van der Waals surface area contributed by atoms with E-state index < -0.39 is 127 Å². The van der Waals surface area contributed by atoms with Crippen molar-refractivity contribution in [3.05, 3.63) is 89.0 Å². The number of aliphatic carboxylic acids is 1. The number of hydrogen-bond acceptors (Lipinski definition) is 17. The number of fused-ring (bicyclic) bond motifs is 7. The van der Waals surface area contributed by atoms with E-state index in [1.165, 1.54) is 0 Å². The predicted molar refractivity (Wildman–Crippen MR) is 279 cm³/mol. The maximum atomic E-state index is 14.0. The smallest absolute Gasteiger partial charge is 0.410 e. The molecule has 6 amide bonds. The Balaban J connectivity index is 0.653. The van der Waals surface area contributed by atoms with Crippen LogP contribution >= 0.6 is 0 Å². The average Bonchev–Trinajstić information content (AvgIpc) is 4.40. The molecule has 2 aromatic rings. The molecule has 2 aromatic carbocycles. The lowest BCUT2D eigenvalue weighted by molar-refractivity contribution is -0.201. The number of imide groups is 1. The van der Waals surface area contributed by atoms with Crippen molar-refractivity contribution in [1.82, 2.24) is 20.6 Å². The number of hydroxylamine groups is 2. The number of carboxylic acids is 1. The van der Waals surface area contributed by atoms with Crippen LogP contribution in [0.25, 0.3) is 0 Å². The van der Waals surface area contributed by atoms with Gasteiger partial charge in [0.25, 0.3) is 11.8 Å². The summed E-state index contributed by atoms with van der Waals surface area (Å²) in [6.07, 6.45) is 4.27. The normalized spacial score (nSPS) is 30.7. The first-order valence-electron chi connectivity index (χ1n) is 27.6. The van der Waals surface area contributed by atoms with E-state index in [1.807, 2.05) is 37.3 Å². The molecular formula is C58H67N5O18. The second-order valence-corrected chi connectivity index (χ2v) is 23.4. The summed E-state index contributed by atoms with van der Waals surface area (Å²) in [7, 11) is 0. The van der Waals surface area contributed by atoms with E-state index in [0.29, 0.717) is 55.3 Å². The van der Waals surface area contributed by atoms with E-state index in [9.17, 15) is 63.3 Å². The van der Waals surface area contributed by atoms with Crippen molar-refractivity contribution in [2.75, 3.05) is 38.2 Å². The van der Waals surface area contributed by atoms with Gasteiger partial charge < -0.3 is 60.0 Å². The van der Waals surface area contributed by atoms with Crippen LogP contribution in [0.1, 0.15) is 107 Å². The Morgan fingerprint density at radius 1 is 0.877 bits per heavy atom. The van der Waals surface area contributed by atoms with Crippen molar-refractivity contribution in [1.29, 1.82) is 0 Å². The third-order valence-electron chi connectivity index (χ3n) is 18.2. The van der Waals surface area contributed by atoms with E-state index in [2.05, 4.69) is 22.9 Å². The summed E-state index contributed by atoms with van der Waals surface area (Å²) in [5.41, 5.74) is 0.763. The molecule has 0 aromatic heterocycles. The van der Waals surface area contributed by atoms with Crippen molar-refractivity contribution in [2.45, 2.75) is 134 Å². The molecule has 3 saturated carbocycles. The number of carbonyl (C=O) groups is 10. The van der Waals surface area contributed by atoms with Crippen LogP contribution in [0.2, 0.25) is 0 Å². The number of allylic oxidation sites excluding steroid dienone is 4. The SMILES string of the molecule is C[C@]12C=CC(=O)C=C1CC[C@@H]1[C@@H]2[C@@H](O)C[C@@]2(C)[C@H]1C[C@H]1O[C@@H](c3ccc(CC4CC5(CO4)CN(C(=O)OCc4ccc(NC(=O)[C@H](CCC(=O)O)NC(=O)CNC(=O)CCC(=O)ON6C(=O)CCC6=O)cc4)C5)cc3)O[C@]12C(=O)CO. The highest BCUT2D eigenvalue weighted by molar-refractivity contribution is 6.02. The molecule has 4 heterocycles. The number of Topliss-reactive ketones (excluding diaryl/α,β-unsaturated/α-hetero) is 1. The quantitative estimate of drug-likeness (QED) is 0.110. The van der Waals surface area contributed by atoms with E-state index in [1.54, 1.807) is 41.3 Å². The van der Waals surface area contributed by atoms with Gasteiger partial charge in [-0.05, 0) is 92.2 Å². The maximum absolute atomic E-state index is 14.0. The van der Waals surface area contributed by atoms with Crippen LogP contribution in [0, 0.1) is 34.0 Å². The van der Waals surface area contributed by atoms with Crippen molar-refractivity contribution in [2.24, 2.45) is 34.0 Å². The lowest BCUT2D eigenvalue weighted by atomic mass is 9.46. The van der Waals surface area contributed by atoms with Crippen molar-refractivity contribution >= 4 is 64.8 Å². The van der Waals surface area contributed by atoms with Gasteiger partial charge >= 0.3 is 18.0 Å². The Morgan fingerprint density at radius 3 is 2.30 bits per heavy atom. The minimum Gasteiger partial charge on any atom is -0.481 e. The minimum absolute atomic E-state index is 0.0156. The molecule has 7 fully saturated rings. The number of anilines is 1. The Bertz CT molecular complexity index is 2940. The fourth-order valence-electron chi connectivity index (χ4n) is 14.3. The fourth-order valence-corrected chi connectivity index (χ4v) is 14.3. The Morgan fingerprint density at radius 2 is 1.59 bits per heavy atom. The molecule has 4 aliphatic heterocycles. The minimum atomic E-state index is -1.45. The number of aliphatic hydroxyl groups excluding tert-OH is 2. The highest BCUT2D eigenvalue weighted by Crippen LogP contribution is 2.70. The molecule has 23 heteroatoms. The van der Waals surface area contributed by atoms with Gasteiger partial charge in [0.05, 0.1) is 37.9 Å². The second-order valence-electron chi connectivity index (χ2n) is 23.4. The standard InChI is InChI=1S/C58H67N5O18/c1-55-20-19-37(65)22-35(55)9-12-39-40-23-44-58(43(67)27-64,56(40,2)25-42(66)51(39)55)80-53(79-44)34-7-3-32(4-8-34)21-38-24-57(31-78-38)29-62(30-57)54(76)77-28-33-5-10-36(11-6-33)60-52(75)41(13-17-49(72)73)61-46(69)26-59-45(68)14-18-50(74)81-63-47(70)15-16-48(63)71/h3-8,10-11,19-20,22,38-42,44,51,53,64,66H,9,12-18,21,23-31H2,1-2H3,(H,59,68)(H,60,75)(H,61,69)(H,72,73)/t38?,39-,40-,41-,42-,44+,51+,53+,55-,56-,58+/m0/s1. The van der Waals surface area contributed by atoms with Gasteiger partial charge in [-0.15, -0.1) is 5.06 Å². The molecule has 11 atom stereocenters. The summed E-state index contributed by atoms with van der Waals surface area (Å²) in [6, 6.07) is 12.9. The molecule has 0 radical (unpaired) electrons. The summed E-state index contributed by atoms with van der Waals surface area (Å²) in [5, 5.41) is 39.3. The van der Waals surface area contributed by atoms with Gasteiger partial charge in [-0.3, -0.25) is 38.4 Å². The molecule has 4 saturated heterocycles. The van der Waals surface area contributed by atoms with Gasteiger partial charge in [-0.25, -0.2) is 9.59 Å². The van der Waals surface area contributed by atoms with E-state index in [-0.39, 0.29) is 60.9 Å². The molecule has 23 nitrogen and oxygen atoms in total. The summed E-state index contributed by atoms with van der Waals surface area (Å²) in [5.74, 6) is -6.44. The van der Waals surface area contributed by atoms with Crippen LogP contribution in [-0.2, 0) is 80.0 Å². The first-order chi connectivity index (χ1) is 38.6. The Labute approximate surface area is 466 Å². The van der Waals surface area contributed by atoms with Crippen LogP contribution in [0.5, 0.6) is 0 Å². The monoisotopic (exact) mass is 1120 g/mol. The third kappa shape index (κ3) is 11.2. The van der Waals surface area contributed by atoms with Gasteiger partial charge in [0.2, 0.25) is 17.7 Å². The van der Waals surface area contributed by atoms with Gasteiger partial charge in [0, 0.05) is 72.2 Å². The van der Waals surface area contributed by atoms with Crippen LogP contribution in [0.15, 0.2) is 72.3 Å². The molecule has 10 rings (SSSR count). The van der Waals surface area contributed by atoms with E-state index in [0.717, 1.165) is 36.0 Å². The van der Waals surface area contributed by atoms with Crippen LogP contribution in [0.4, 0.5) is 10.5 Å². The first kappa shape index (κ1) is 57.1. The first-order valence-corrected chi connectivity index (χ1v) is 27.6. The number of aliphatic hydroxyl groups is 2. The number of hydrogen-bond donors (Lipinski definition) is 6. The van der Waals surface area contributed by atoms with Gasteiger partial charge in [0.15, 0.2) is 23.5 Å².